The van der Waals surface area contributed by atoms with Crippen LogP contribution >= 0.6 is 0 Å². The summed E-state index contributed by atoms with van der Waals surface area (Å²) >= 11 is 0. The second kappa shape index (κ2) is 22.1. The quantitative estimate of drug-likeness (QED) is 0.111. The summed E-state index contributed by atoms with van der Waals surface area (Å²) in [6.45, 7) is 5.86. The molecular formula is C26H46O4. The fraction of sp³-hybridized carbons (Fsp3) is 0.769. The number of carbonyl (C=O) groups excluding carboxylic acids is 1. The van der Waals surface area contributed by atoms with E-state index in [4.69, 9.17) is 4.74 Å². The minimum Gasteiger partial charge on any atom is -0.481 e. The Balaban J connectivity index is 3.51. The number of unbranched alkanes of at least 4 members (excludes halogenated alkanes) is 14. The lowest BCUT2D eigenvalue weighted by Gasteiger charge is -2.09. The van der Waals surface area contributed by atoms with Crippen molar-refractivity contribution < 1.29 is 19.4 Å². The first-order chi connectivity index (χ1) is 14.6. The number of ether oxygens (including phenoxy) is 1. The van der Waals surface area contributed by atoms with Crippen LogP contribution in [0.15, 0.2) is 24.8 Å². The Labute approximate surface area is 185 Å². The first kappa shape index (κ1) is 28.4. The number of esters is 1. The van der Waals surface area contributed by atoms with E-state index in [1.54, 1.807) is 0 Å². The van der Waals surface area contributed by atoms with Crippen molar-refractivity contribution >= 4 is 11.9 Å². The third kappa shape index (κ3) is 19.7. The summed E-state index contributed by atoms with van der Waals surface area (Å²) in [5.41, 5.74) is 0. The maximum absolute atomic E-state index is 11.5. The van der Waals surface area contributed by atoms with Crippen molar-refractivity contribution in [3.8, 4) is 0 Å². The third-order valence-electron chi connectivity index (χ3n) is 5.44. The molecular weight excluding hydrogens is 376 g/mol. The van der Waals surface area contributed by atoms with Gasteiger partial charge in [-0.2, -0.15) is 0 Å². The molecule has 0 bridgehead atoms. The molecule has 0 fully saturated rings. The Hall–Kier alpha value is -1.58. The largest absolute Gasteiger partial charge is 0.481 e. The number of hydrogen-bond donors (Lipinski definition) is 1. The molecule has 174 valence electrons. The van der Waals surface area contributed by atoms with E-state index in [1.165, 1.54) is 89.5 Å². The molecule has 1 atom stereocenters. The molecule has 0 aliphatic carbocycles. The van der Waals surface area contributed by atoms with Crippen LogP contribution in [-0.4, -0.2) is 23.7 Å². The molecule has 0 aromatic rings. The summed E-state index contributed by atoms with van der Waals surface area (Å²) in [5, 5.41) is 9.22. The monoisotopic (exact) mass is 422 g/mol. The smallest absolute Gasteiger partial charge is 0.307 e. The second-order valence-corrected chi connectivity index (χ2v) is 8.30. The Bertz CT molecular complexity index is 456. The van der Waals surface area contributed by atoms with Crippen LogP contribution in [0.5, 0.6) is 0 Å². The minimum absolute atomic E-state index is 0.0909. The summed E-state index contributed by atoms with van der Waals surface area (Å²) in [6, 6.07) is 0. The van der Waals surface area contributed by atoms with Gasteiger partial charge in [0, 0.05) is 0 Å². The molecule has 0 amide bonds. The molecule has 0 heterocycles. The van der Waals surface area contributed by atoms with Crippen molar-refractivity contribution in [3.05, 3.63) is 24.8 Å². The first-order valence-corrected chi connectivity index (χ1v) is 12.3. The Morgan fingerprint density at radius 2 is 1.33 bits per heavy atom. The van der Waals surface area contributed by atoms with Gasteiger partial charge in [0.2, 0.25) is 0 Å². The molecule has 0 saturated carbocycles. The fourth-order valence-corrected chi connectivity index (χ4v) is 3.52. The molecule has 0 aromatic carbocycles. The lowest BCUT2D eigenvalue weighted by molar-refractivity contribution is -0.150. The summed E-state index contributed by atoms with van der Waals surface area (Å²) in [7, 11) is 0. The Kier molecular flexibility index (Phi) is 20.9. The number of carboxylic acids is 1. The summed E-state index contributed by atoms with van der Waals surface area (Å²) in [6.07, 6.45) is 25.6. The predicted octanol–water partition coefficient (Wildman–Crippen LogP) is 7.62. The lowest BCUT2D eigenvalue weighted by atomic mass is 10.0. The van der Waals surface area contributed by atoms with Gasteiger partial charge in [-0.1, -0.05) is 115 Å². The molecule has 0 rings (SSSR count). The van der Waals surface area contributed by atoms with Crippen molar-refractivity contribution in [2.75, 3.05) is 6.61 Å². The zero-order valence-corrected chi connectivity index (χ0v) is 19.4. The van der Waals surface area contributed by atoms with Crippen LogP contribution in [0.1, 0.15) is 116 Å². The molecule has 0 radical (unpaired) electrons. The normalized spacial score (nSPS) is 12.2. The molecule has 0 aromatic heterocycles. The standard InChI is InChI=1S/C26H46O4/c1-3-5-6-7-8-9-10-11-12-13-14-15-16-17-18-19-20-21-24(26(28)29)23-25(27)30-22-4-2/h4,19-20,24H,2-3,5-18,21-23H2,1H3,(H,28,29)/b20-19+. The van der Waals surface area contributed by atoms with Crippen molar-refractivity contribution in [2.24, 2.45) is 5.92 Å². The van der Waals surface area contributed by atoms with E-state index in [0.717, 1.165) is 12.8 Å². The van der Waals surface area contributed by atoms with Crippen LogP contribution in [0.4, 0.5) is 0 Å². The van der Waals surface area contributed by atoms with Crippen LogP contribution in [0.3, 0.4) is 0 Å². The van der Waals surface area contributed by atoms with Crippen LogP contribution in [0.2, 0.25) is 0 Å². The highest BCUT2D eigenvalue weighted by molar-refractivity contribution is 5.78. The van der Waals surface area contributed by atoms with Gasteiger partial charge in [-0.15, -0.1) is 0 Å². The summed E-state index contributed by atoms with van der Waals surface area (Å²) in [5.74, 6) is -2.15. The summed E-state index contributed by atoms with van der Waals surface area (Å²) < 4.78 is 4.86. The molecule has 0 aliphatic rings. The highest BCUT2D eigenvalue weighted by Gasteiger charge is 2.20. The number of aliphatic carboxylic acids is 1. The van der Waals surface area contributed by atoms with Crippen molar-refractivity contribution in [3.63, 3.8) is 0 Å². The number of allylic oxidation sites excluding steroid dienone is 2. The minimum atomic E-state index is -0.952. The van der Waals surface area contributed by atoms with Crippen LogP contribution in [0, 0.1) is 5.92 Å². The fourth-order valence-electron chi connectivity index (χ4n) is 3.52. The highest BCUT2D eigenvalue weighted by atomic mass is 16.5. The van der Waals surface area contributed by atoms with E-state index in [9.17, 15) is 14.7 Å². The zero-order valence-electron chi connectivity index (χ0n) is 19.4. The molecule has 4 nitrogen and oxygen atoms in total. The summed E-state index contributed by atoms with van der Waals surface area (Å²) in [4.78, 5) is 22.8. The van der Waals surface area contributed by atoms with E-state index in [1.807, 2.05) is 12.2 Å². The van der Waals surface area contributed by atoms with Crippen molar-refractivity contribution in [2.45, 2.75) is 116 Å². The number of carboxylic acid groups (broad SMARTS) is 1. The highest BCUT2D eigenvalue weighted by Crippen LogP contribution is 2.14. The third-order valence-corrected chi connectivity index (χ3v) is 5.44. The Morgan fingerprint density at radius 1 is 0.833 bits per heavy atom. The molecule has 0 saturated heterocycles. The topological polar surface area (TPSA) is 63.6 Å². The van der Waals surface area contributed by atoms with Gasteiger partial charge in [-0.05, 0) is 19.3 Å². The zero-order chi connectivity index (χ0) is 22.3. The van der Waals surface area contributed by atoms with Gasteiger partial charge in [-0.25, -0.2) is 0 Å². The van der Waals surface area contributed by atoms with Gasteiger partial charge in [0.25, 0.3) is 0 Å². The van der Waals surface area contributed by atoms with E-state index in [0.29, 0.717) is 6.42 Å². The maximum atomic E-state index is 11.5. The van der Waals surface area contributed by atoms with Gasteiger partial charge in [0.15, 0.2) is 0 Å². The number of hydrogen-bond acceptors (Lipinski definition) is 3. The molecule has 0 aliphatic heterocycles. The number of carbonyl (C=O) groups is 2. The van der Waals surface area contributed by atoms with Crippen LogP contribution < -0.4 is 0 Å². The van der Waals surface area contributed by atoms with Crippen molar-refractivity contribution in [1.82, 2.24) is 0 Å². The molecule has 30 heavy (non-hydrogen) atoms. The van der Waals surface area contributed by atoms with Crippen molar-refractivity contribution in [1.29, 1.82) is 0 Å². The number of rotatable bonds is 22. The molecule has 1 unspecified atom stereocenters. The van der Waals surface area contributed by atoms with E-state index >= 15 is 0 Å². The van der Waals surface area contributed by atoms with Gasteiger partial charge in [0.1, 0.15) is 6.61 Å². The maximum Gasteiger partial charge on any atom is 0.307 e. The SMILES string of the molecule is C=CCOC(=O)CC(C/C=C/CCCCCCCCCCCCCCCC)C(=O)O. The van der Waals surface area contributed by atoms with Gasteiger partial charge in [0.05, 0.1) is 12.3 Å². The molecule has 4 heteroatoms. The first-order valence-electron chi connectivity index (χ1n) is 12.3. The van der Waals surface area contributed by atoms with E-state index < -0.39 is 17.9 Å². The average Bonchev–Trinajstić information content (AvgIpc) is 2.73. The second-order valence-electron chi connectivity index (χ2n) is 8.30. The van der Waals surface area contributed by atoms with Gasteiger partial charge in [-0.3, -0.25) is 9.59 Å². The Morgan fingerprint density at radius 3 is 1.80 bits per heavy atom. The predicted molar refractivity (Wildman–Crippen MR) is 126 cm³/mol. The van der Waals surface area contributed by atoms with Crippen LogP contribution in [0.25, 0.3) is 0 Å². The lowest BCUT2D eigenvalue weighted by Crippen LogP contribution is -2.19. The van der Waals surface area contributed by atoms with E-state index in [2.05, 4.69) is 13.5 Å². The van der Waals surface area contributed by atoms with Gasteiger partial charge >= 0.3 is 11.9 Å². The average molecular weight is 423 g/mol. The molecule has 0 spiro atoms. The van der Waals surface area contributed by atoms with E-state index in [-0.39, 0.29) is 13.0 Å². The van der Waals surface area contributed by atoms with Gasteiger partial charge < -0.3 is 9.84 Å². The van der Waals surface area contributed by atoms with Crippen LogP contribution in [-0.2, 0) is 14.3 Å². The molecule has 1 N–H and O–H groups in total.